The van der Waals surface area contributed by atoms with E-state index in [1.165, 1.54) is 4.90 Å². The molecule has 1 amide bonds. The van der Waals surface area contributed by atoms with Crippen LogP contribution >= 0.6 is 10.2 Å². The quantitative estimate of drug-likeness (QED) is 0.282. The number of hydrogen-bond acceptors (Lipinski definition) is 5. The number of ether oxygens (including phenoxy) is 1. The van der Waals surface area contributed by atoms with Gasteiger partial charge in [-0.15, -0.1) is 0 Å². The highest BCUT2D eigenvalue weighted by Gasteiger charge is 2.65. The van der Waals surface area contributed by atoms with Crippen molar-refractivity contribution in [2.24, 2.45) is 0 Å². The average molecular weight is 550 g/mol. The van der Waals surface area contributed by atoms with E-state index in [-0.39, 0.29) is 42.8 Å². The predicted molar refractivity (Wildman–Crippen MR) is 127 cm³/mol. The van der Waals surface area contributed by atoms with Crippen LogP contribution in [0.5, 0.6) is 0 Å². The highest BCUT2D eigenvalue weighted by Crippen LogP contribution is 3.02. The summed E-state index contributed by atoms with van der Waals surface area (Å²) >= 11 is 0. The lowest BCUT2D eigenvalue weighted by Gasteiger charge is -2.40. The smallest absolute Gasteiger partial charge is 0.310 e. The van der Waals surface area contributed by atoms with Crippen molar-refractivity contribution < 1.29 is 33.4 Å². The number of fused-ring (bicyclic) bond motifs is 1. The molecule has 2 aromatic heterocycles. The number of nitrogens with two attached hydrogens (primary N) is 1. The van der Waals surface area contributed by atoms with Crippen LogP contribution in [0.1, 0.15) is 65.9 Å². The summed E-state index contributed by atoms with van der Waals surface area (Å²) in [7, 11) is -9.92. The van der Waals surface area contributed by atoms with Crippen molar-refractivity contribution in [3.05, 3.63) is 47.2 Å². The molecule has 5 rings (SSSR count). The van der Waals surface area contributed by atoms with E-state index >= 15 is 0 Å². The van der Waals surface area contributed by atoms with Crippen LogP contribution in [-0.2, 0) is 4.74 Å². The Bertz CT molecular complexity index is 1370. The number of amides is 1. The number of aromatic nitrogens is 3. The fourth-order valence-corrected chi connectivity index (χ4v) is 5.67. The largest absolute Gasteiger partial charge is 0.398 e. The molecular weight excluding hydrogens is 524 g/mol. The number of nitrogens with one attached hydrogen (secondary N) is 1. The number of nitrogens with zero attached hydrogens (tertiary/aromatic N) is 3. The van der Waals surface area contributed by atoms with E-state index in [1.54, 1.807) is 0 Å². The number of benzene rings is 1. The molecule has 2 aliphatic heterocycles. The van der Waals surface area contributed by atoms with Gasteiger partial charge in [0.25, 0.3) is 5.91 Å². The van der Waals surface area contributed by atoms with Gasteiger partial charge in [0.1, 0.15) is 22.6 Å². The lowest BCUT2D eigenvalue weighted by Crippen LogP contribution is -2.38. The Hall–Kier alpha value is -3.00. The molecule has 2 aliphatic rings. The summed E-state index contributed by atoms with van der Waals surface area (Å²) < 4.78 is 86.1. The van der Waals surface area contributed by atoms with Crippen molar-refractivity contribution in [3.63, 3.8) is 0 Å². The Morgan fingerprint density at radius 1 is 1.11 bits per heavy atom. The summed E-state index contributed by atoms with van der Waals surface area (Å²) in [5.41, 5.74) is 5.84. The molecule has 202 valence electrons. The van der Waals surface area contributed by atoms with Crippen molar-refractivity contribution in [1.82, 2.24) is 19.9 Å². The van der Waals surface area contributed by atoms with E-state index in [1.807, 2.05) is 0 Å². The first kappa shape index (κ1) is 25.6. The fourth-order valence-electron chi connectivity index (χ4n) is 5.00. The molecular formula is C23H25F6N5O2S. The molecule has 4 heterocycles. The number of carbonyl (C=O) groups is 1. The molecule has 0 spiro atoms. The van der Waals surface area contributed by atoms with Gasteiger partial charge in [-0.05, 0) is 56.2 Å². The molecule has 3 N–H and O–H groups in total. The number of aromatic amines is 1. The van der Waals surface area contributed by atoms with Crippen molar-refractivity contribution >= 4 is 33.0 Å². The number of halogens is 6. The first-order valence-electron chi connectivity index (χ1n) is 11.8. The number of rotatable bonds is 4. The standard InChI is InChI=1S/C23H25F6N5O2S/c24-16-12-31-22-20(32-21(33-22)18-3-1-2-10-36-18)19(16)13-6-8-34(9-7-13)23(35)15-5-4-14(11-17(15)30)37(25,26,27,28)29/h4-5,11-13,18H,1-3,6-10,30H2,(H,31,32,33)/t18-/m1/s1. The van der Waals surface area contributed by atoms with Crippen LogP contribution in [-0.4, -0.2) is 45.5 Å². The van der Waals surface area contributed by atoms with E-state index in [4.69, 9.17) is 10.5 Å². The summed E-state index contributed by atoms with van der Waals surface area (Å²) in [6.07, 6.45) is 4.38. The maximum Gasteiger partial charge on any atom is 0.310 e. The number of carbonyl (C=O) groups excluding carboxylic acids is 1. The summed E-state index contributed by atoms with van der Waals surface area (Å²) in [6.45, 7) is 0.959. The van der Waals surface area contributed by atoms with Crippen molar-refractivity contribution in [2.75, 3.05) is 25.4 Å². The van der Waals surface area contributed by atoms with Crippen molar-refractivity contribution in [2.45, 2.75) is 49.0 Å². The molecule has 37 heavy (non-hydrogen) atoms. The zero-order valence-electron chi connectivity index (χ0n) is 19.5. The number of H-pyrrole nitrogens is 1. The maximum atomic E-state index is 14.9. The maximum absolute atomic E-state index is 14.9. The first-order valence-corrected chi connectivity index (χ1v) is 13.7. The van der Waals surface area contributed by atoms with Gasteiger partial charge in [-0.1, -0.05) is 19.4 Å². The molecule has 3 aromatic rings. The van der Waals surface area contributed by atoms with E-state index in [0.29, 0.717) is 48.1 Å². The van der Waals surface area contributed by atoms with Crippen molar-refractivity contribution in [3.8, 4) is 0 Å². The summed E-state index contributed by atoms with van der Waals surface area (Å²) in [5.74, 6) is -0.869. The molecule has 1 aromatic carbocycles. The molecule has 0 radical (unpaired) electrons. The molecule has 2 saturated heterocycles. The van der Waals surface area contributed by atoms with Gasteiger partial charge in [0.05, 0.1) is 17.3 Å². The van der Waals surface area contributed by atoms with E-state index in [0.717, 1.165) is 25.5 Å². The first-order chi connectivity index (χ1) is 17.2. The SMILES string of the molecule is Nc1cc(S(F)(F)(F)(F)F)ccc1C(=O)N1CCC(c2c(F)cnc3nc([C@H]4CCCCO4)[nH]c23)CC1. The van der Waals surface area contributed by atoms with Gasteiger partial charge in [0.2, 0.25) is 0 Å². The van der Waals surface area contributed by atoms with Gasteiger partial charge < -0.3 is 20.4 Å². The van der Waals surface area contributed by atoms with Crippen molar-refractivity contribution in [1.29, 1.82) is 0 Å². The minimum absolute atomic E-state index is 0.0937. The molecule has 2 fully saturated rings. The molecule has 0 aliphatic carbocycles. The van der Waals surface area contributed by atoms with Gasteiger partial charge >= 0.3 is 10.2 Å². The van der Waals surface area contributed by atoms with Crippen LogP contribution in [0.2, 0.25) is 0 Å². The zero-order chi connectivity index (χ0) is 26.7. The minimum Gasteiger partial charge on any atom is -0.398 e. The van der Waals surface area contributed by atoms with Crippen LogP contribution < -0.4 is 5.73 Å². The van der Waals surface area contributed by atoms with Crippen LogP contribution in [0.3, 0.4) is 0 Å². The summed E-state index contributed by atoms with van der Waals surface area (Å²) in [6, 6.07) is 0.936. The molecule has 1 atom stereocenters. The highest BCUT2D eigenvalue weighted by molar-refractivity contribution is 8.45. The number of nitrogen functional groups attached to an aromatic ring is 1. The topological polar surface area (TPSA) is 97.1 Å². The highest BCUT2D eigenvalue weighted by atomic mass is 32.5. The second kappa shape index (κ2) is 8.25. The Morgan fingerprint density at radius 2 is 1.84 bits per heavy atom. The Kier molecular flexibility index (Phi) is 5.72. The minimum atomic E-state index is -9.92. The molecule has 0 saturated carbocycles. The number of imidazole rings is 1. The normalized spacial score (nSPS) is 21.6. The second-order valence-electron chi connectivity index (χ2n) is 9.48. The van der Waals surface area contributed by atoms with Crippen LogP contribution in [0.25, 0.3) is 11.2 Å². The third-order valence-electron chi connectivity index (χ3n) is 6.90. The average Bonchev–Trinajstić information content (AvgIpc) is 3.27. The third kappa shape index (κ3) is 5.08. The predicted octanol–water partition coefficient (Wildman–Crippen LogP) is 6.60. The van der Waals surface area contributed by atoms with Crippen LogP contribution in [0.15, 0.2) is 29.3 Å². The number of anilines is 1. The van der Waals surface area contributed by atoms with Crippen LogP contribution in [0, 0.1) is 5.82 Å². The van der Waals surface area contributed by atoms with Gasteiger partial charge in [-0.25, -0.2) is 14.4 Å². The Morgan fingerprint density at radius 3 is 2.46 bits per heavy atom. The van der Waals surface area contributed by atoms with Gasteiger partial charge in [-0.2, -0.15) is 0 Å². The van der Waals surface area contributed by atoms with Gasteiger partial charge in [-0.3, -0.25) is 4.79 Å². The lowest BCUT2D eigenvalue weighted by molar-refractivity contribution is 0.0101. The summed E-state index contributed by atoms with van der Waals surface area (Å²) in [4.78, 5) is 23.9. The second-order valence-corrected chi connectivity index (χ2v) is 11.9. The molecule has 14 heteroatoms. The molecule has 0 unspecified atom stereocenters. The molecule has 7 nitrogen and oxygen atoms in total. The lowest BCUT2D eigenvalue weighted by atomic mass is 9.88. The Labute approximate surface area is 208 Å². The fraction of sp³-hybridized carbons (Fsp3) is 0.435. The Balaban J connectivity index is 1.33. The number of likely N-dealkylation sites (tertiary alicyclic amines) is 1. The number of piperidine rings is 1. The monoisotopic (exact) mass is 549 g/mol. The molecule has 0 bridgehead atoms. The van der Waals surface area contributed by atoms with Crippen LogP contribution in [0.4, 0.5) is 29.5 Å². The van der Waals surface area contributed by atoms with Gasteiger partial charge in [0.15, 0.2) is 5.65 Å². The van der Waals surface area contributed by atoms with Gasteiger partial charge in [0, 0.05) is 30.9 Å². The van der Waals surface area contributed by atoms with E-state index < -0.39 is 32.5 Å². The summed E-state index contributed by atoms with van der Waals surface area (Å²) in [5, 5.41) is 0. The third-order valence-corrected chi connectivity index (χ3v) is 8.05. The van der Waals surface area contributed by atoms with E-state index in [9.17, 15) is 28.6 Å². The zero-order valence-corrected chi connectivity index (χ0v) is 20.3. The number of hydrogen-bond donors (Lipinski definition) is 2. The number of pyridine rings is 1. The van der Waals surface area contributed by atoms with E-state index in [2.05, 4.69) is 15.0 Å².